The molecule has 3 atom stereocenters. The number of hydrogen-bond acceptors (Lipinski definition) is 2. The van der Waals surface area contributed by atoms with Crippen molar-refractivity contribution >= 4 is 0 Å². The summed E-state index contributed by atoms with van der Waals surface area (Å²) < 4.78 is 0. The molecule has 1 saturated carbocycles. The van der Waals surface area contributed by atoms with Crippen LogP contribution in [0.15, 0.2) is 12.8 Å². The fourth-order valence-electron chi connectivity index (χ4n) is 2.45. The van der Waals surface area contributed by atoms with Gasteiger partial charge in [0.15, 0.2) is 0 Å². The van der Waals surface area contributed by atoms with E-state index in [9.17, 15) is 5.11 Å². The van der Waals surface area contributed by atoms with E-state index in [0.717, 1.165) is 37.8 Å². The largest absolute Gasteiger partial charge is 0.393 e. The zero-order valence-corrected chi connectivity index (χ0v) is 6.74. The van der Waals surface area contributed by atoms with E-state index >= 15 is 0 Å². The molecule has 0 radical (unpaired) electrons. The monoisotopic (exact) mass is 153 g/mol. The van der Waals surface area contributed by atoms with Gasteiger partial charge in [-0.1, -0.05) is 6.58 Å². The minimum Gasteiger partial charge on any atom is -0.393 e. The van der Waals surface area contributed by atoms with Gasteiger partial charge < -0.3 is 10.0 Å². The predicted octanol–water partition coefficient (Wildman–Crippen LogP) is 0.833. The molecule has 0 aromatic rings. The summed E-state index contributed by atoms with van der Waals surface area (Å²) in [4.78, 5) is 2.27. The molecule has 62 valence electrons. The third-order valence-electron chi connectivity index (χ3n) is 3.01. The number of aliphatic hydroxyl groups excluding tert-OH is 1. The molecule has 1 unspecified atom stereocenters. The van der Waals surface area contributed by atoms with Crippen molar-refractivity contribution < 1.29 is 5.11 Å². The van der Waals surface area contributed by atoms with Crippen LogP contribution in [0.5, 0.6) is 0 Å². The summed E-state index contributed by atoms with van der Waals surface area (Å²) in [5, 5.41) is 9.35. The molecule has 11 heavy (non-hydrogen) atoms. The van der Waals surface area contributed by atoms with Gasteiger partial charge in [0.05, 0.1) is 6.10 Å². The highest BCUT2D eigenvalue weighted by Crippen LogP contribution is 2.37. The van der Waals surface area contributed by atoms with Crippen LogP contribution in [0, 0.1) is 11.8 Å². The first-order chi connectivity index (χ1) is 5.29. The first kappa shape index (κ1) is 7.17. The van der Waals surface area contributed by atoms with E-state index in [1.807, 2.05) is 6.20 Å². The van der Waals surface area contributed by atoms with Crippen LogP contribution in [0.4, 0.5) is 0 Å². The van der Waals surface area contributed by atoms with Crippen LogP contribution >= 0.6 is 0 Å². The Hall–Kier alpha value is -0.500. The summed E-state index contributed by atoms with van der Waals surface area (Å²) in [5.41, 5.74) is 0. The van der Waals surface area contributed by atoms with E-state index in [2.05, 4.69) is 11.5 Å². The zero-order valence-electron chi connectivity index (χ0n) is 6.74. The molecule has 0 amide bonds. The highest BCUT2D eigenvalue weighted by Gasteiger charge is 2.38. The fourth-order valence-corrected chi connectivity index (χ4v) is 2.45. The Labute approximate surface area is 67.5 Å². The molecule has 0 aromatic carbocycles. The molecule has 0 aromatic heterocycles. The number of nitrogens with zero attached hydrogens (tertiary/aromatic N) is 1. The lowest BCUT2D eigenvalue weighted by Crippen LogP contribution is -2.16. The van der Waals surface area contributed by atoms with Gasteiger partial charge in [-0.25, -0.2) is 0 Å². The lowest BCUT2D eigenvalue weighted by Gasteiger charge is -2.13. The zero-order chi connectivity index (χ0) is 7.84. The molecule has 2 nitrogen and oxygen atoms in total. The standard InChI is InChI=1S/C9H15NO/c1-2-10-5-7-3-9(11)4-8(7)6-10/h2,7-9,11H,1,3-6H2/t7-,8+,9?. The highest BCUT2D eigenvalue weighted by atomic mass is 16.3. The normalized spacial score (nSPS) is 42.6. The van der Waals surface area contributed by atoms with Crippen LogP contribution in [-0.2, 0) is 0 Å². The predicted molar refractivity (Wildman–Crippen MR) is 44.0 cm³/mol. The Kier molecular flexibility index (Phi) is 1.64. The molecule has 2 fully saturated rings. The summed E-state index contributed by atoms with van der Waals surface area (Å²) >= 11 is 0. The van der Waals surface area contributed by atoms with Crippen molar-refractivity contribution in [1.29, 1.82) is 0 Å². The van der Waals surface area contributed by atoms with Gasteiger partial charge in [0.25, 0.3) is 0 Å². The summed E-state index contributed by atoms with van der Waals surface area (Å²) in [7, 11) is 0. The van der Waals surface area contributed by atoms with Crippen molar-refractivity contribution in [2.45, 2.75) is 18.9 Å². The maximum absolute atomic E-state index is 9.35. The molecule has 1 saturated heterocycles. The van der Waals surface area contributed by atoms with E-state index < -0.39 is 0 Å². The van der Waals surface area contributed by atoms with Crippen LogP contribution in [0.3, 0.4) is 0 Å². The average Bonchev–Trinajstić information content (AvgIpc) is 2.43. The van der Waals surface area contributed by atoms with Crippen LogP contribution in [-0.4, -0.2) is 29.2 Å². The van der Waals surface area contributed by atoms with Gasteiger partial charge in [-0.15, -0.1) is 0 Å². The Bertz CT molecular complexity index is 155. The molecular weight excluding hydrogens is 138 g/mol. The number of hydrogen-bond donors (Lipinski definition) is 1. The van der Waals surface area contributed by atoms with Gasteiger partial charge in [-0.2, -0.15) is 0 Å². The summed E-state index contributed by atoms with van der Waals surface area (Å²) in [5.74, 6) is 1.48. The lowest BCUT2D eigenvalue weighted by molar-refractivity contribution is 0.167. The SMILES string of the molecule is C=CN1C[C@H]2CC(O)C[C@H]2C1. The Morgan fingerprint density at radius 1 is 1.27 bits per heavy atom. The summed E-state index contributed by atoms with van der Waals surface area (Å²) in [6, 6.07) is 0. The van der Waals surface area contributed by atoms with Crippen molar-refractivity contribution in [3.63, 3.8) is 0 Å². The smallest absolute Gasteiger partial charge is 0.0547 e. The molecule has 1 N–H and O–H groups in total. The summed E-state index contributed by atoms with van der Waals surface area (Å²) in [6.45, 7) is 5.99. The molecule has 1 heterocycles. The van der Waals surface area contributed by atoms with E-state index in [4.69, 9.17) is 0 Å². The summed E-state index contributed by atoms with van der Waals surface area (Å²) in [6.07, 6.45) is 3.92. The van der Waals surface area contributed by atoms with Gasteiger partial charge in [0.2, 0.25) is 0 Å². The molecular formula is C9H15NO. The van der Waals surface area contributed by atoms with E-state index in [-0.39, 0.29) is 6.10 Å². The molecule has 2 rings (SSSR count). The number of likely N-dealkylation sites (tertiary alicyclic amines) is 1. The van der Waals surface area contributed by atoms with E-state index in [1.165, 1.54) is 0 Å². The second kappa shape index (κ2) is 2.52. The lowest BCUT2D eigenvalue weighted by atomic mass is 10.0. The van der Waals surface area contributed by atoms with Crippen molar-refractivity contribution in [1.82, 2.24) is 4.90 Å². The Balaban J connectivity index is 1.98. The molecule has 2 aliphatic rings. The first-order valence-corrected chi connectivity index (χ1v) is 4.34. The fraction of sp³-hybridized carbons (Fsp3) is 0.778. The van der Waals surface area contributed by atoms with Gasteiger partial charge >= 0.3 is 0 Å². The number of fused-ring (bicyclic) bond motifs is 1. The molecule has 1 aliphatic carbocycles. The van der Waals surface area contributed by atoms with Crippen molar-refractivity contribution in [3.8, 4) is 0 Å². The minimum atomic E-state index is -0.0167. The van der Waals surface area contributed by atoms with Gasteiger partial charge in [0.1, 0.15) is 0 Å². The van der Waals surface area contributed by atoms with Crippen LogP contribution in [0.1, 0.15) is 12.8 Å². The Morgan fingerprint density at radius 2 is 1.82 bits per heavy atom. The van der Waals surface area contributed by atoms with E-state index in [1.54, 1.807) is 0 Å². The maximum Gasteiger partial charge on any atom is 0.0547 e. The molecule has 1 aliphatic heterocycles. The molecule has 0 spiro atoms. The third kappa shape index (κ3) is 1.16. The third-order valence-corrected chi connectivity index (χ3v) is 3.01. The van der Waals surface area contributed by atoms with Crippen molar-refractivity contribution in [3.05, 3.63) is 12.8 Å². The molecule has 0 bridgehead atoms. The van der Waals surface area contributed by atoms with Crippen LogP contribution < -0.4 is 0 Å². The second-order valence-electron chi connectivity index (χ2n) is 3.78. The molecule has 2 heteroatoms. The number of aliphatic hydroxyl groups is 1. The van der Waals surface area contributed by atoms with E-state index in [0.29, 0.717) is 0 Å². The second-order valence-corrected chi connectivity index (χ2v) is 3.78. The van der Waals surface area contributed by atoms with Crippen LogP contribution in [0.25, 0.3) is 0 Å². The van der Waals surface area contributed by atoms with Gasteiger partial charge in [0, 0.05) is 13.1 Å². The van der Waals surface area contributed by atoms with Crippen molar-refractivity contribution in [2.75, 3.05) is 13.1 Å². The number of rotatable bonds is 1. The maximum atomic E-state index is 9.35. The first-order valence-electron chi connectivity index (χ1n) is 4.34. The topological polar surface area (TPSA) is 23.5 Å². The van der Waals surface area contributed by atoms with Gasteiger partial charge in [-0.3, -0.25) is 0 Å². The van der Waals surface area contributed by atoms with Crippen LogP contribution in [0.2, 0.25) is 0 Å². The average molecular weight is 153 g/mol. The highest BCUT2D eigenvalue weighted by molar-refractivity contribution is 4.94. The minimum absolute atomic E-state index is 0.0167. The quantitative estimate of drug-likeness (QED) is 0.603. The van der Waals surface area contributed by atoms with Crippen molar-refractivity contribution in [2.24, 2.45) is 11.8 Å². The van der Waals surface area contributed by atoms with Gasteiger partial charge in [-0.05, 0) is 30.9 Å². The Morgan fingerprint density at radius 3 is 2.27 bits per heavy atom.